The van der Waals surface area contributed by atoms with Crippen LogP contribution in [0.25, 0.3) is 0 Å². The summed E-state index contributed by atoms with van der Waals surface area (Å²) in [6.45, 7) is 4.59. The molecule has 0 bridgehead atoms. The first-order valence-electron chi connectivity index (χ1n) is 6.50. The second-order valence-electron chi connectivity index (χ2n) is 5.22. The summed E-state index contributed by atoms with van der Waals surface area (Å²) in [6, 6.07) is 6.93. The molecule has 0 spiro atoms. The van der Waals surface area contributed by atoms with Crippen molar-refractivity contribution in [1.29, 1.82) is 0 Å². The molecule has 0 heterocycles. The molecule has 0 aliphatic rings. The number of carbonyl (C=O) groups excluding carboxylic acids is 3. The molecule has 2 amide bonds. The molecule has 6 nitrogen and oxygen atoms in total. The Balaban J connectivity index is 2.63. The highest BCUT2D eigenvalue weighted by Crippen LogP contribution is 2.11. The lowest BCUT2D eigenvalue weighted by atomic mass is 10.0. The van der Waals surface area contributed by atoms with Gasteiger partial charge < -0.3 is 15.4 Å². The number of benzene rings is 1. The monoisotopic (exact) mass is 292 g/mol. The summed E-state index contributed by atoms with van der Waals surface area (Å²) in [4.78, 5) is 34.3. The molecule has 1 aromatic carbocycles. The van der Waals surface area contributed by atoms with Crippen molar-refractivity contribution in [2.24, 2.45) is 0 Å². The van der Waals surface area contributed by atoms with Crippen LogP contribution in [0.5, 0.6) is 0 Å². The summed E-state index contributed by atoms with van der Waals surface area (Å²) in [7, 11) is 1.27. The maximum atomic E-state index is 11.9. The third kappa shape index (κ3) is 5.25. The third-order valence-corrected chi connectivity index (χ3v) is 2.79. The summed E-state index contributed by atoms with van der Waals surface area (Å²) in [5.74, 6) is -0.935. The summed E-state index contributed by atoms with van der Waals surface area (Å²) in [5, 5.41) is 5.26. The molecular formula is C15H20N2O4. The van der Waals surface area contributed by atoms with Crippen LogP contribution in [0, 0.1) is 0 Å². The van der Waals surface area contributed by atoms with E-state index in [1.165, 1.54) is 14.0 Å². The molecule has 21 heavy (non-hydrogen) atoms. The van der Waals surface area contributed by atoms with Gasteiger partial charge in [0.1, 0.15) is 5.54 Å². The first-order chi connectivity index (χ1) is 9.74. The number of hydrogen-bond donors (Lipinski definition) is 2. The number of amides is 2. The van der Waals surface area contributed by atoms with E-state index in [-0.39, 0.29) is 18.2 Å². The van der Waals surface area contributed by atoms with Gasteiger partial charge in [-0.25, -0.2) is 4.79 Å². The molecule has 1 rings (SSSR count). The Bertz CT molecular complexity index is 535. The smallest absolute Gasteiger partial charge is 0.330 e. The molecule has 0 unspecified atom stereocenters. The Labute approximate surface area is 123 Å². The van der Waals surface area contributed by atoms with E-state index < -0.39 is 11.5 Å². The van der Waals surface area contributed by atoms with E-state index >= 15 is 0 Å². The van der Waals surface area contributed by atoms with E-state index in [9.17, 15) is 14.4 Å². The molecule has 0 aromatic heterocycles. The lowest BCUT2D eigenvalue weighted by Crippen LogP contribution is -2.50. The average Bonchev–Trinajstić information content (AvgIpc) is 2.38. The van der Waals surface area contributed by atoms with E-state index in [4.69, 9.17) is 0 Å². The Morgan fingerprint density at radius 2 is 1.71 bits per heavy atom. The number of carbonyl (C=O) groups is 3. The number of nitrogens with one attached hydrogen (secondary N) is 2. The summed E-state index contributed by atoms with van der Waals surface area (Å²) in [6.07, 6.45) is 0.140. The van der Waals surface area contributed by atoms with E-state index in [0.717, 1.165) is 5.56 Å². The van der Waals surface area contributed by atoms with Gasteiger partial charge in [0.05, 0.1) is 13.5 Å². The van der Waals surface area contributed by atoms with Crippen molar-refractivity contribution >= 4 is 23.5 Å². The zero-order valence-corrected chi connectivity index (χ0v) is 12.6. The molecule has 0 saturated carbocycles. The minimum absolute atomic E-state index is 0.140. The largest absolute Gasteiger partial charge is 0.467 e. The number of rotatable bonds is 5. The molecule has 0 aliphatic carbocycles. The highest BCUT2D eigenvalue weighted by atomic mass is 16.5. The topological polar surface area (TPSA) is 84.5 Å². The van der Waals surface area contributed by atoms with Crippen molar-refractivity contribution in [2.45, 2.75) is 32.7 Å². The van der Waals surface area contributed by atoms with Gasteiger partial charge in [0, 0.05) is 12.6 Å². The molecule has 0 radical (unpaired) electrons. The SMILES string of the molecule is COC(=O)C(C)(C)NC(=O)Cc1ccc(NC(C)=O)cc1. The molecule has 0 aliphatic heterocycles. The normalized spacial score (nSPS) is 10.7. The maximum absolute atomic E-state index is 11.9. The van der Waals surface area contributed by atoms with Gasteiger partial charge in [0.25, 0.3) is 0 Å². The van der Waals surface area contributed by atoms with Crippen molar-refractivity contribution in [3.63, 3.8) is 0 Å². The van der Waals surface area contributed by atoms with Gasteiger partial charge in [-0.1, -0.05) is 12.1 Å². The molecule has 0 atom stereocenters. The standard InChI is InChI=1S/C15H20N2O4/c1-10(18)16-12-7-5-11(6-8-12)9-13(19)17-15(2,3)14(20)21-4/h5-8H,9H2,1-4H3,(H,16,18)(H,17,19). The van der Waals surface area contributed by atoms with E-state index in [1.807, 2.05) is 0 Å². The molecule has 114 valence electrons. The molecule has 6 heteroatoms. The van der Waals surface area contributed by atoms with Crippen molar-refractivity contribution < 1.29 is 19.1 Å². The second-order valence-corrected chi connectivity index (χ2v) is 5.22. The first kappa shape index (κ1) is 16.7. The van der Waals surface area contributed by atoms with Gasteiger partial charge in [-0.15, -0.1) is 0 Å². The van der Waals surface area contributed by atoms with Gasteiger partial charge in [-0.05, 0) is 31.5 Å². The van der Waals surface area contributed by atoms with Crippen LogP contribution in [0.2, 0.25) is 0 Å². The van der Waals surface area contributed by atoms with Crippen LogP contribution in [-0.2, 0) is 25.5 Å². The van der Waals surface area contributed by atoms with E-state index in [2.05, 4.69) is 15.4 Å². The van der Waals surface area contributed by atoms with Gasteiger partial charge in [-0.2, -0.15) is 0 Å². The van der Waals surface area contributed by atoms with Gasteiger partial charge in [-0.3, -0.25) is 9.59 Å². The van der Waals surface area contributed by atoms with Gasteiger partial charge in [0.15, 0.2) is 0 Å². The van der Waals surface area contributed by atoms with Crippen LogP contribution in [0.15, 0.2) is 24.3 Å². The summed E-state index contributed by atoms with van der Waals surface area (Å²) < 4.78 is 4.62. The van der Waals surface area contributed by atoms with Crippen molar-refractivity contribution in [2.75, 3.05) is 12.4 Å². The number of anilines is 1. The molecule has 2 N–H and O–H groups in total. The Morgan fingerprint density at radius 1 is 1.14 bits per heavy atom. The minimum atomic E-state index is -1.07. The van der Waals surface area contributed by atoms with Crippen molar-refractivity contribution in [3.8, 4) is 0 Å². The van der Waals surface area contributed by atoms with E-state index in [0.29, 0.717) is 5.69 Å². The maximum Gasteiger partial charge on any atom is 0.330 e. The zero-order chi connectivity index (χ0) is 16.0. The zero-order valence-electron chi connectivity index (χ0n) is 12.6. The highest BCUT2D eigenvalue weighted by Gasteiger charge is 2.30. The Hall–Kier alpha value is -2.37. The molecule has 1 aromatic rings. The average molecular weight is 292 g/mol. The van der Waals surface area contributed by atoms with Gasteiger partial charge in [0.2, 0.25) is 11.8 Å². The lowest BCUT2D eigenvalue weighted by Gasteiger charge is -2.23. The van der Waals surface area contributed by atoms with Crippen LogP contribution in [0.1, 0.15) is 26.3 Å². The number of methoxy groups -OCH3 is 1. The fraction of sp³-hybridized carbons (Fsp3) is 0.400. The fourth-order valence-corrected chi connectivity index (χ4v) is 1.79. The van der Waals surface area contributed by atoms with Crippen LogP contribution in [0.3, 0.4) is 0 Å². The van der Waals surface area contributed by atoms with E-state index in [1.54, 1.807) is 38.1 Å². The van der Waals surface area contributed by atoms with Crippen LogP contribution >= 0.6 is 0 Å². The summed E-state index contributed by atoms with van der Waals surface area (Å²) in [5.41, 5.74) is 0.380. The Kier molecular flexibility index (Phi) is 5.46. The first-order valence-corrected chi connectivity index (χ1v) is 6.50. The second kappa shape index (κ2) is 6.88. The predicted octanol–water partition coefficient (Wildman–Crippen LogP) is 1.26. The minimum Gasteiger partial charge on any atom is -0.467 e. The van der Waals surface area contributed by atoms with Crippen LogP contribution in [-0.4, -0.2) is 30.4 Å². The van der Waals surface area contributed by atoms with Gasteiger partial charge >= 0.3 is 5.97 Å². The van der Waals surface area contributed by atoms with Crippen molar-refractivity contribution in [3.05, 3.63) is 29.8 Å². The quantitative estimate of drug-likeness (QED) is 0.800. The number of ether oxygens (including phenoxy) is 1. The summed E-state index contributed by atoms with van der Waals surface area (Å²) >= 11 is 0. The molecule has 0 saturated heterocycles. The molecular weight excluding hydrogens is 272 g/mol. The van der Waals surface area contributed by atoms with Crippen LogP contribution < -0.4 is 10.6 Å². The lowest BCUT2D eigenvalue weighted by molar-refractivity contribution is -0.149. The number of esters is 1. The highest BCUT2D eigenvalue weighted by molar-refractivity contribution is 5.89. The number of hydrogen-bond acceptors (Lipinski definition) is 4. The fourth-order valence-electron chi connectivity index (χ4n) is 1.79. The third-order valence-electron chi connectivity index (χ3n) is 2.79. The van der Waals surface area contributed by atoms with Crippen LogP contribution in [0.4, 0.5) is 5.69 Å². The molecule has 0 fully saturated rings. The Morgan fingerprint density at radius 3 is 2.19 bits per heavy atom. The van der Waals surface area contributed by atoms with Crippen molar-refractivity contribution in [1.82, 2.24) is 5.32 Å². The predicted molar refractivity (Wildman–Crippen MR) is 78.7 cm³/mol.